The number of aromatic nitrogens is 1. The van der Waals surface area contributed by atoms with Gasteiger partial charge >= 0.3 is 0 Å². The molecule has 9 rings (SSSR count). The third kappa shape index (κ3) is 3.93. The molecule has 0 amide bonds. The molecule has 0 bridgehead atoms. The maximum absolute atomic E-state index is 9.80. The van der Waals surface area contributed by atoms with Crippen LogP contribution in [0.4, 0.5) is 11.4 Å². The fourth-order valence-electron chi connectivity index (χ4n) is 7.40. The van der Waals surface area contributed by atoms with Crippen molar-refractivity contribution in [3.63, 3.8) is 0 Å². The second-order valence-corrected chi connectivity index (χ2v) is 11.8. The number of rotatable bonds is 3. The number of allylic oxidation sites excluding steroid dienone is 2. The van der Waals surface area contributed by atoms with E-state index < -0.39 is 0 Å². The summed E-state index contributed by atoms with van der Waals surface area (Å²) in [5, 5.41) is 15.8. The number of fused-ring (bicyclic) bond motifs is 8. The van der Waals surface area contributed by atoms with E-state index in [9.17, 15) is 5.26 Å². The van der Waals surface area contributed by atoms with E-state index in [1.807, 2.05) is 6.08 Å². The van der Waals surface area contributed by atoms with Gasteiger partial charge in [-0.15, -0.1) is 0 Å². The zero-order chi connectivity index (χ0) is 29.9. The molecule has 6 aromatic carbocycles. The zero-order valence-corrected chi connectivity index (χ0v) is 24.4. The lowest BCUT2D eigenvalue weighted by molar-refractivity contribution is 0.741. The van der Waals surface area contributed by atoms with Gasteiger partial charge < -0.3 is 4.90 Å². The van der Waals surface area contributed by atoms with Crippen molar-refractivity contribution in [2.75, 3.05) is 4.90 Å². The van der Waals surface area contributed by atoms with Crippen molar-refractivity contribution in [3.8, 4) is 28.5 Å². The first-order valence-electron chi connectivity index (χ1n) is 15.4. The maximum atomic E-state index is 9.80. The van der Waals surface area contributed by atoms with Crippen molar-refractivity contribution in [1.82, 2.24) is 4.98 Å². The largest absolute Gasteiger partial charge is 0.333 e. The second-order valence-electron chi connectivity index (χ2n) is 11.8. The van der Waals surface area contributed by atoms with Crippen LogP contribution in [-0.2, 0) is 0 Å². The molecule has 2 atom stereocenters. The van der Waals surface area contributed by atoms with Crippen molar-refractivity contribution in [3.05, 3.63) is 163 Å². The molecule has 1 aromatic heterocycles. The van der Waals surface area contributed by atoms with Crippen molar-refractivity contribution in [1.29, 1.82) is 5.26 Å². The number of benzene rings is 6. The van der Waals surface area contributed by atoms with Crippen molar-refractivity contribution in [2.45, 2.75) is 12.0 Å². The molecular weight excluding hydrogens is 546 g/mol. The van der Waals surface area contributed by atoms with E-state index in [0.29, 0.717) is 5.57 Å². The van der Waals surface area contributed by atoms with Crippen LogP contribution in [0.3, 0.4) is 0 Å². The molecule has 45 heavy (non-hydrogen) atoms. The van der Waals surface area contributed by atoms with Crippen LogP contribution in [0.1, 0.15) is 11.5 Å². The topological polar surface area (TPSA) is 39.9 Å². The van der Waals surface area contributed by atoms with Crippen LogP contribution in [0.2, 0.25) is 0 Å². The summed E-state index contributed by atoms with van der Waals surface area (Å²) < 4.78 is 0. The van der Waals surface area contributed by atoms with Gasteiger partial charge in [0.2, 0.25) is 0 Å². The summed E-state index contributed by atoms with van der Waals surface area (Å²) >= 11 is 0. The predicted octanol–water partition coefficient (Wildman–Crippen LogP) is 10.5. The highest BCUT2D eigenvalue weighted by atomic mass is 15.2. The predicted molar refractivity (Wildman–Crippen MR) is 186 cm³/mol. The third-order valence-electron chi connectivity index (χ3n) is 9.37. The Morgan fingerprint density at radius 3 is 2.16 bits per heavy atom. The lowest BCUT2D eigenvalue weighted by Crippen LogP contribution is -2.28. The SMILES string of the molecule is N#CC1=CC2c3cc(-c4cc5c(-c6ccccc6)nc6ccccc6c5c5ccccc45)ccc3N(c3ccccc3)C2C=C1. The Bertz CT molecular complexity index is 2400. The molecule has 3 heteroatoms. The molecule has 0 N–H and O–H groups in total. The summed E-state index contributed by atoms with van der Waals surface area (Å²) in [6.07, 6.45) is 6.28. The average molecular weight is 574 g/mol. The number of hydrogen-bond acceptors (Lipinski definition) is 3. The highest BCUT2D eigenvalue weighted by molar-refractivity contribution is 6.25. The van der Waals surface area contributed by atoms with E-state index in [2.05, 4.69) is 157 Å². The number of pyridine rings is 1. The van der Waals surface area contributed by atoms with Crippen LogP contribution < -0.4 is 4.90 Å². The van der Waals surface area contributed by atoms with E-state index in [4.69, 9.17) is 4.98 Å². The fraction of sp³-hybridized carbons (Fsp3) is 0.0476. The van der Waals surface area contributed by atoms with Gasteiger partial charge in [0, 0.05) is 44.6 Å². The highest BCUT2D eigenvalue weighted by Gasteiger charge is 2.38. The maximum Gasteiger partial charge on any atom is 0.0988 e. The summed E-state index contributed by atoms with van der Waals surface area (Å²) in [5.41, 5.74) is 9.72. The van der Waals surface area contributed by atoms with E-state index in [1.165, 1.54) is 33.0 Å². The van der Waals surface area contributed by atoms with Crippen LogP contribution in [0, 0.1) is 11.3 Å². The molecule has 2 heterocycles. The van der Waals surface area contributed by atoms with Gasteiger partial charge in [-0.3, -0.25) is 0 Å². The number of anilines is 2. The van der Waals surface area contributed by atoms with Crippen molar-refractivity contribution in [2.24, 2.45) is 0 Å². The van der Waals surface area contributed by atoms with E-state index in [0.717, 1.165) is 38.8 Å². The number of para-hydroxylation sites is 2. The summed E-state index contributed by atoms with van der Waals surface area (Å²) in [6, 6.07) is 50.0. The van der Waals surface area contributed by atoms with Crippen molar-refractivity contribution >= 4 is 43.8 Å². The second kappa shape index (κ2) is 10.0. The standard InChI is InChI=1S/C42H27N3/c43-26-27-19-21-39-35(23-27)36-24-29(20-22-40(36)45(39)30-13-5-2-6-14-30)34-25-37-41(32-16-8-7-15-31(32)34)33-17-9-10-18-38(33)44-42(37)28-11-3-1-4-12-28/h1-25,35,39H. The first kappa shape index (κ1) is 25.5. The molecule has 0 saturated carbocycles. The minimum Gasteiger partial charge on any atom is -0.333 e. The number of hydrogen-bond donors (Lipinski definition) is 0. The van der Waals surface area contributed by atoms with Gasteiger partial charge in [-0.1, -0.05) is 109 Å². The summed E-state index contributed by atoms with van der Waals surface area (Å²) in [6.45, 7) is 0. The average Bonchev–Trinajstić information content (AvgIpc) is 3.44. The number of nitriles is 1. The molecule has 7 aromatic rings. The van der Waals surface area contributed by atoms with E-state index in [1.54, 1.807) is 0 Å². The van der Waals surface area contributed by atoms with Crippen LogP contribution in [0.15, 0.2) is 157 Å². The lowest BCUT2D eigenvalue weighted by Gasteiger charge is -2.29. The van der Waals surface area contributed by atoms with Gasteiger partial charge in [0.15, 0.2) is 0 Å². The molecule has 2 unspecified atom stereocenters. The molecule has 3 nitrogen and oxygen atoms in total. The first-order chi connectivity index (χ1) is 22.3. The highest BCUT2D eigenvalue weighted by Crippen LogP contribution is 2.50. The van der Waals surface area contributed by atoms with Gasteiger partial charge in [-0.25, -0.2) is 4.98 Å². The normalized spacial score (nSPS) is 16.9. The third-order valence-corrected chi connectivity index (χ3v) is 9.37. The molecule has 0 fully saturated rings. The summed E-state index contributed by atoms with van der Waals surface area (Å²) in [5.74, 6) is 0.0806. The lowest BCUT2D eigenvalue weighted by atomic mass is 9.86. The Hall–Kier alpha value is -5.98. The summed E-state index contributed by atoms with van der Waals surface area (Å²) in [4.78, 5) is 7.65. The van der Waals surface area contributed by atoms with Gasteiger partial charge in [-0.05, 0) is 69.9 Å². The first-order valence-corrected chi connectivity index (χ1v) is 15.4. The molecule has 1 aliphatic heterocycles. The minimum atomic E-state index is 0.0806. The fourth-order valence-corrected chi connectivity index (χ4v) is 7.40. The smallest absolute Gasteiger partial charge is 0.0988 e. The Balaban J connectivity index is 1.33. The van der Waals surface area contributed by atoms with Crippen molar-refractivity contribution < 1.29 is 0 Å². The van der Waals surface area contributed by atoms with Gasteiger partial charge in [-0.2, -0.15) is 5.26 Å². The Morgan fingerprint density at radius 2 is 1.36 bits per heavy atom. The van der Waals surface area contributed by atoms with E-state index in [-0.39, 0.29) is 12.0 Å². The van der Waals surface area contributed by atoms with Gasteiger partial charge in [0.25, 0.3) is 0 Å². The van der Waals surface area contributed by atoms with Crippen LogP contribution in [-0.4, -0.2) is 11.0 Å². The molecular formula is C42H27N3. The molecule has 210 valence electrons. The monoisotopic (exact) mass is 573 g/mol. The van der Waals surface area contributed by atoms with Crippen LogP contribution in [0.25, 0.3) is 54.8 Å². The molecule has 0 radical (unpaired) electrons. The summed E-state index contributed by atoms with van der Waals surface area (Å²) in [7, 11) is 0. The Kier molecular flexibility index (Phi) is 5.70. The number of nitrogens with zero attached hydrogens (tertiary/aromatic N) is 3. The van der Waals surface area contributed by atoms with Gasteiger partial charge in [0.1, 0.15) is 0 Å². The molecule has 1 aliphatic carbocycles. The molecule has 0 spiro atoms. The van der Waals surface area contributed by atoms with Crippen LogP contribution in [0.5, 0.6) is 0 Å². The Morgan fingerprint density at radius 1 is 0.644 bits per heavy atom. The minimum absolute atomic E-state index is 0.0806. The quantitative estimate of drug-likeness (QED) is 0.197. The zero-order valence-electron chi connectivity index (χ0n) is 24.4. The van der Waals surface area contributed by atoms with Crippen LogP contribution >= 0.6 is 0 Å². The van der Waals surface area contributed by atoms with Gasteiger partial charge in [0.05, 0.1) is 23.3 Å². The molecule has 2 aliphatic rings. The molecule has 0 saturated heterocycles. The van der Waals surface area contributed by atoms with E-state index >= 15 is 0 Å². The Labute approximate surface area is 261 Å².